The summed E-state index contributed by atoms with van der Waals surface area (Å²) in [5.41, 5.74) is 6.12. The molecule has 0 saturated heterocycles. The second kappa shape index (κ2) is 5.46. The van der Waals surface area contributed by atoms with Crippen LogP contribution in [-0.2, 0) is 0 Å². The van der Waals surface area contributed by atoms with E-state index in [1.54, 1.807) is 24.3 Å². The van der Waals surface area contributed by atoms with Crippen molar-refractivity contribution in [3.8, 4) is 17.5 Å². The van der Waals surface area contributed by atoms with Crippen LogP contribution in [0.5, 0.6) is 17.5 Å². The number of ether oxygens (including phenoxy) is 2. The fourth-order valence-corrected chi connectivity index (χ4v) is 2.04. The maximum Gasteiger partial charge on any atom is 0.240 e. The Bertz CT molecular complexity index is 578. The van der Waals surface area contributed by atoms with Crippen molar-refractivity contribution in [2.75, 3.05) is 12.8 Å². The van der Waals surface area contributed by atoms with Crippen molar-refractivity contribution >= 4 is 33.2 Å². The van der Waals surface area contributed by atoms with Gasteiger partial charge in [-0.1, -0.05) is 27.5 Å². The minimum atomic E-state index is 0.320. The van der Waals surface area contributed by atoms with E-state index in [0.717, 1.165) is 4.47 Å². The highest BCUT2D eigenvalue weighted by atomic mass is 79.9. The first-order valence-electron chi connectivity index (χ1n) is 5.03. The number of benzene rings is 1. The average Bonchev–Trinajstić information content (AvgIpc) is 2.35. The summed E-state index contributed by atoms with van der Waals surface area (Å²) in [5, 5.41) is 0.488. The lowest BCUT2D eigenvalue weighted by atomic mass is 10.3. The molecule has 1 aromatic carbocycles. The number of hydrogen-bond acceptors (Lipinski definition) is 4. The van der Waals surface area contributed by atoms with Crippen molar-refractivity contribution in [3.63, 3.8) is 0 Å². The molecular weight excluding hydrogens is 320 g/mol. The smallest absolute Gasteiger partial charge is 0.240 e. The molecule has 0 saturated carbocycles. The zero-order valence-electron chi connectivity index (χ0n) is 9.48. The molecule has 4 nitrogen and oxygen atoms in total. The molecule has 2 N–H and O–H groups in total. The van der Waals surface area contributed by atoms with Gasteiger partial charge in [-0.25, -0.2) is 0 Å². The molecule has 94 valence electrons. The minimum Gasteiger partial charge on any atom is -0.479 e. The number of rotatable bonds is 3. The van der Waals surface area contributed by atoms with Gasteiger partial charge >= 0.3 is 0 Å². The molecule has 0 unspecified atom stereocenters. The molecule has 0 radical (unpaired) electrons. The first-order chi connectivity index (χ1) is 8.60. The number of nitrogen functional groups attached to an aromatic ring is 1. The van der Waals surface area contributed by atoms with Crippen LogP contribution in [0.15, 0.2) is 34.8 Å². The number of pyridine rings is 1. The van der Waals surface area contributed by atoms with Crippen LogP contribution in [0, 0.1) is 0 Å². The van der Waals surface area contributed by atoms with Gasteiger partial charge in [0.1, 0.15) is 5.75 Å². The molecule has 0 fully saturated rings. The van der Waals surface area contributed by atoms with Crippen LogP contribution in [0.25, 0.3) is 0 Å². The number of nitrogens with zero attached hydrogens (tertiary/aromatic N) is 1. The van der Waals surface area contributed by atoms with Crippen molar-refractivity contribution in [1.82, 2.24) is 4.98 Å². The largest absolute Gasteiger partial charge is 0.479 e. The van der Waals surface area contributed by atoms with Crippen LogP contribution >= 0.6 is 27.5 Å². The van der Waals surface area contributed by atoms with E-state index in [0.29, 0.717) is 28.2 Å². The Morgan fingerprint density at radius 1 is 1.28 bits per heavy atom. The highest BCUT2D eigenvalue weighted by Crippen LogP contribution is 2.32. The van der Waals surface area contributed by atoms with Crippen LogP contribution in [0.1, 0.15) is 0 Å². The van der Waals surface area contributed by atoms with Gasteiger partial charge in [0.2, 0.25) is 11.8 Å². The Kier molecular flexibility index (Phi) is 3.93. The van der Waals surface area contributed by atoms with Crippen LogP contribution in [0.2, 0.25) is 5.02 Å². The summed E-state index contributed by atoms with van der Waals surface area (Å²) < 4.78 is 11.5. The summed E-state index contributed by atoms with van der Waals surface area (Å²) in [4.78, 5) is 4.11. The molecule has 0 aliphatic rings. The quantitative estimate of drug-likeness (QED) is 0.928. The Hall–Kier alpha value is -1.46. The lowest BCUT2D eigenvalue weighted by molar-refractivity contribution is 0.385. The van der Waals surface area contributed by atoms with E-state index in [1.165, 1.54) is 7.11 Å². The minimum absolute atomic E-state index is 0.320. The normalized spacial score (nSPS) is 10.2. The Balaban J connectivity index is 2.28. The molecule has 0 amide bonds. The van der Waals surface area contributed by atoms with Crippen molar-refractivity contribution in [2.45, 2.75) is 0 Å². The van der Waals surface area contributed by atoms with Gasteiger partial charge in [-0.2, -0.15) is 4.98 Å². The fraction of sp³-hybridized carbons (Fsp3) is 0.0833. The highest BCUT2D eigenvalue weighted by Gasteiger charge is 2.07. The summed E-state index contributed by atoms with van der Waals surface area (Å²) in [6.45, 7) is 0. The van der Waals surface area contributed by atoms with E-state index in [-0.39, 0.29) is 0 Å². The van der Waals surface area contributed by atoms with Crippen molar-refractivity contribution in [3.05, 3.63) is 39.8 Å². The molecule has 2 rings (SSSR count). The molecule has 0 aliphatic carbocycles. The van der Waals surface area contributed by atoms with E-state index in [1.807, 2.05) is 6.07 Å². The SMILES string of the molecule is COc1nc(Oc2ccc(Br)cc2Cl)ccc1N. The Morgan fingerprint density at radius 3 is 2.72 bits per heavy atom. The highest BCUT2D eigenvalue weighted by molar-refractivity contribution is 9.10. The molecule has 6 heteroatoms. The molecule has 0 atom stereocenters. The van der Waals surface area contributed by atoms with Crippen molar-refractivity contribution in [1.29, 1.82) is 0 Å². The van der Waals surface area contributed by atoms with E-state index in [4.69, 9.17) is 26.8 Å². The summed E-state index contributed by atoms with van der Waals surface area (Å²) in [5.74, 6) is 1.20. The molecule has 0 bridgehead atoms. The summed E-state index contributed by atoms with van der Waals surface area (Å²) in [6.07, 6.45) is 0. The average molecular weight is 330 g/mol. The Morgan fingerprint density at radius 2 is 2.06 bits per heavy atom. The molecule has 1 aromatic heterocycles. The van der Waals surface area contributed by atoms with Gasteiger partial charge in [-0.3, -0.25) is 0 Å². The van der Waals surface area contributed by atoms with E-state index < -0.39 is 0 Å². The van der Waals surface area contributed by atoms with Crippen LogP contribution in [-0.4, -0.2) is 12.1 Å². The molecule has 0 spiro atoms. The zero-order chi connectivity index (χ0) is 13.1. The summed E-state index contributed by atoms with van der Waals surface area (Å²) >= 11 is 9.37. The second-order valence-corrected chi connectivity index (χ2v) is 4.75. The molecule has 18 heavy (non-hydrogen) atoms. The monoisotopic (exact) mass is 328 g/mol. The van der Waals surface area contributed by atoms with Crippen molar-refractivity contribution in [2.24, 2.45) is 0 Å². The lowest BCUT2D eigenvalue weighted by Gasteiger charge is -2.09. The maximum absolute atomic E-state index is 6.05. The zero-order valence-corrected chi connectivity index (χ0v) is 11.8. The molecular formula is C12H10BrClN2O2. The van der Waals surface area contributed by atoms with E-state index >= 15 is 0 Å². The van der Waals surface area contributed by atoms with Gasteiger partial charge in [-0.05, 0) is 24.3 Å². The van der Waals surface area contributed by atoms with Crippen molar-refractivity contribution < 1.29 is 9.47 Å². The van der Waals surface area contributed by atoms with Crippen LogP contribution in [0.4, 0.5) is 5.69 Å². The van der Waals surface area contributed by atoms with E-state index in [9.17, 15) is 0 Å². The number of aromatic nitrogens is 1. The summed E-state index contributed by atoms with van der Waals surface area (Å²) in [6, 6.07) is 8.63. The van der Waals surface area contributed by atoms with Gasteiger partial charge in [0.15, 0.2) is 0 Å². The fourth-order valence-electron chi connectivity index (χ4n) is 1.33. The van der Waals surface area contributed by atoms with Gasteiger partial charge in [0, 0.05) is 10.5 Å². The van der Waals surface area contributed by atoms with Gasteiger partial charge in [0.25, 0.3) is 0 Å². The number of methoxy groups -OCH3 is 1. The molecule has 2 aromatic rings. The van der Waals surface area contributed by atoms with E-state index in [2.05, 4.69) is 20.9 Å². The third-order valence-electron chi connectivity index (χ3n) is 2.17. The number of halogens is 2. The molecule has 1 heterocycles. The number of hydrogen-bond donors (Lipinski definition) is 1. The standard InChI is InChI=1S/C12H10BrClN2O2/c1-17-12-9(15)3-5-11(16-12)18-10-4-2-7(13)6-8(10)14/h2-6H,15H2,1H3. The van der Waals surface area contributed by atoms with Gasteiger partial charge in [-0.15, -0.1) is 0 Å². The lowest BCUT2D eigenvalue weighted by Crippen LogP contribution is -1.97. The first kappa shape index (κ1) is 13.0. The number of nitrogens with two attached hydrogens (primary N) is 1. The van der Waals surface area contributed by atoms with Crippen LogP contribution < -0.4 is 15.2 Å². The predicted molar refractivity (Wildman–Crippen MR) is 74.4 cm³/mol. The predicted octanol–water partition coefficient (Wildman–Crippen LogP) is 3.88. The maximum atomic E-state index is 6.05. The first-order valence-corrected chi connectivity index (χ1v) is 6.20. The van der Waals surface area contributed by atoms with Crippen LogP contribution in [0.3, 0.4) is 0 Å². The van der Waals surface area contributed by atoms with Gasteiger partial charge in [0.05, 0.1) is 17.8 Å². The van der Waals surface area contributed by atoms with Gasteiger partial charge < -0.3 is 15.2 Å². The molecule has 0 aliphatic heterocycles. The summed E-state index contributed by atoms with van der Waals surface area (Å²) in [7, 11) is 1.50. The number of anilines is 1. The Labute approximate surface area is 118 Å². The third kappa shape index (κ3) is 2.86. The second-order valence-electron chi connectivity index (χ2n) is 3.42. The topological polar surface area (TPSA) is 57.4 Å². The third-order valence-corrected chi connectivity index (χ3v) is 2.95.